The fourth-order valence-corrected chi connectivity index (χ4v) is 4.08. The second kappa shape index (κ2) is 11.3. The second-order valence-corrected chi connectivity index (χ2v) is 8.71. The molecule has 1 aliphatic rings. The third-order valence-electron chi connectivity index (χ3n) is 4.58. The van der Waals surface area contributed by atoms with Crippen LogP contribution < -0.4 is 16.6 Å². The van der Waals surface area contributed by atoms with Gasteiger partial charge in [0, 0.05) is 25.5 Å². The zero-order valence-corrected chi connectivity index (χ0v) is 17.7. The van der Waals surface area contributed by atoms with Crippen LogP contribution in [-0.4, -0.2) is 63.2 Å². The van der Waals surface area contributed by atoms with Crippen LogP contribution in [0.1, 0.15) is 32.4 Å². The maximum Gasteiger partial charge on any atom is 0.330 e. The van der Waals surface area contributed by atoms with Crippen molar-refractivity contribution in [3.05, 3.63) is 32.9 Å². The number of aromatic nitrogens is 2. The van der Waals surface area contributed by atoms with E-state index in [0.717, 1.165) is 4.57 Å². The number of carboxylic acid groups (broad SMARTS) is 1. The van der Waals surface area contributed by atoms with E-state index in [9.17, 15) is 33.2 Å². The van der Waals surface area contributed by atoms with Crippen molar-refractivity contribution in [3.8, 4) is 0 Å². The van der Waals surface area contributed by atoms with E-state index in [4.69, 9.17) is 14.4 Å². The Morgan fingerprint density at radius 3 is 2.84 bits per heavy atom. The van der Waals surface area contributed by atoms with Gasteiger partial charge in [0.2, 0.25) is 11.7 Å². The number of carboxylic acids is 1. The fraction of sp³-hybridized carbons (Fsp3) is 0.647. The molecular weight excluding hydrogens is 440 g/mol. The van der Waals surface area contributed by atoms with E-state index in [1.807, 2.05) is 0 Å². The molecule has 0 bridgehead atoms. The number of aliphatic carboxylic acids is 1. The molecule has 1 saturated heterocycles. The Morgan fingerprint density at radius 2 is 2.16 bits per heavy atom. The van der Waals surface area contributed by atoms with Gasteiger partial charge in [-0.25, -0.2) is 4.79 Å². The molecule has 2 heterocycles. The summed E-state index contributed by atoms with van der Waals surface area (Å²) in [6.07, 6.45) is -2.64. The van der Waals surface area contributed by atoms with Crippen molar-refractivity contribution >= 4 is 19.9 Å². The van der Waals surface area contributed by atoms with Crippen LogP contribution in [0.4, 0.5) is 4.39 Å². The molecule has 0 aromatic carbocycles. The lowest BCUT2D eigenvalue weighted by Crippen LogP contribution is -2.34. The number of rotatable bonds is 11. The summed E-state index contributed by atoms with van der Waals surface area (Å²) in [5.74, 6) is -2.87. The number of ether oxygens (including phenoxy) is 1. The van der Waals surface area contributed by atoms with Gasteiger partial charge in [0.1, 0.15) is 12.3 Å². The molecule has 4 N–H and O–H groups in total. The van der Waals surface area contributed by atoms with Crippen LogP contribution in [0.15, 0.2) is 15.8 Å². The van der Waals surface area contributed by atoms with E-state index < -0.39 is 55.4 Å². The molecule has 1 amide bonds. The zero-order valence-electron chi connectivity index (χ0n) is 16.7. The van der Waals surface area contributed by atoms with Gasteiger partial charge in [-0.2, -0.15) is 4.39 Å². The fourth-order valence-electron chi connectivity index (χ4n) is 2.90. The van der Waals surface area contributed by atoms with Gasteiger partial charge >= 0.3 is 11.7 Å². The van der Waals surface area contributed by atoms with Crippen molar-refractivity contribution < 1.29 is 38.0 Å². The highest BCUT2D eigenvalue weighted by molar-refractivity contribution is 7.39. The van der Waals surface area contributed by atoms with Gasteiger partial charge in [-0.3, -0.25) is 28.5 Å². The largest absolute Gasteiger partial charge is 0.481 e. The standard InChI is InChI=1S/C17H25FN3O9P/c1-9(5-19-13(23)2-3-15(24)25)8-31(28)29-7-12-11(22)4-14(30-12)21-6-10(18)16(26)20-17(21)27/h6,9,11-12,14,22,31H,2-5,7-8H2,1H3,(H,19,23)(H,24,25)(H,20,26,27)/t9?,11?,12-,14-/m0/s1. The van der Waals surface area contributed by atoms with E-state index >= 15 is 0 Å². The monoisotopic (exact) mass is 465 g/mol. The molecule has 0 saturated carbocycles. The minimum Gasteiger partial charge on any atom is -0.481 e. The number of hydrogen-bond acceptors (Lipinski definition) is 8. The highest BCUT2D eigenvalue weighted by Gasteiger charge is 2.36. The van der Waals surface area contributed by atoms with Crippen molar-refractivity contribution in [1.82, 2.24) is 14.9 Å². The molecule has 31 heavy (non-hydrogen) atoms. The maximum absolute atomic E-state index is 13.4. The van der Waals surface area contributed by atoms with Gasteiger partial charge in [-0.05, 0) is 5.92 Å². The minimum atomic E-state index is -2.54. The zero-order chi connectivity index (χ0) is 23.1. The van der Waals surface area contributed by atoms with E-state index in [1.165, 1.54) is 0 Å². The number of hydrogen-bond donors (Lipinski definition) is 4. The number of halogens is 1. The van der Waals surface area contributed by atoms with E-state index in [1.54, 1.807) is 11.9 Å². The molecule has 0 spiro atoms. The number of nitrogens with zero attached hydrogens (tertiary/aromatic N) is 1. The molecule has 2 rings (SSSR count). The summed E-state index contributed by atoms with van der Waals surface area (Å²) in [7, 11) is -2.54. The number of aliphatic hydroxyl groups is 1. The first-order chi connectivity index (χ1) is 14.6. The Hall–Kier alpha value is -2.34. The molecule has 1 aromatic rings. The molecule has 3 unspecified atom stereocenters. The van der Waals surface area contributed by atoms with Gasteiger partial charge in [0.05, 0.1) is 25.3 Å². The Morgan fingerprint density at radius 1 is 1.45 bits per heavy atom. The number of carbonyl (C=O) groups excluding carboxylic acids is 1. The highest BCUT2D eigenvalue weighted by Crippen LogP contribution is 2.31. The number of aromatic amines is 1. The van der Waals surface area contributed by atoms with Crippen LogP contribution >= 0.6 is 8.03 Å². The molecule has 12 nitrogen and oxygen atoms in total. The Bertz CT molecular complexity index is 934. The predicted molar refractivity (Wildman–Crippen MR) is 105 cm³/mol. The molecule has 5 atom stereocenters. The maximum atomic E-state index is 13.4. The van der Waals surface area contributed by atoms with Crippen molar-refractivity contribution in [1.29, 1.82) is 0 Å². The molecule has 14 heteroatoms. The van der Waals surface area contributed by atoms with Crippen LogP contribution in [0, 0.1) is 11.7 Å². The van der Waals surface area contributed by atoms with Gasteiger partial charge in [0.15, 0.2) is 8.03 Å². The van der Waals surface area contributed by atoms with Crippen molar-refractivity contribution in [2.45, 2.75) is 44.6 Å². The summed E-state index contributed by atoms with van der Waals surface area (Å²) in [6, 6.07) is 0. The molecule has 174 valence electrons. The molecule has 0 radical (unpaired) electrons. The molecular formula is C17H25FN3O9P. The van der Waals surface area contributed by atoms with Gasteiger partial charge in [-0.1, -0.05) is 6.92 Å². The van der Waals surface area contributed by atoms with Crippen LogP contribution in [0.25, 0.3) is 0 Å². The first-order valence-electron chi connectivity index (χ1n) is 9.55. The minimum absolute atomic E-state index is 0.0564. The first kappa shape index (κ1) is 24.9. The Kier molecular flexibility index (Phi) is 9.11. The summed E-state index contributed by atoms with van der Waals surface area (Å²) in [4.78, 5) is 46.6. The van der Waals surface area contributed by atoms with Crippen LogP contribution in [0.3, 0.4) is 0 Å². The average molecular weight is 465 g/mol. The van der Waals surface area contributed by atoms with E-state index in [-0.39, 0.29) is 44.5 Å². The van der Waals surface area contributed by atoms with Crippen LogP contribution in [0.2, 0.25) is 0 Å². The quantitative estimate of drug-likeness (QED) is 0.312. The third kappa shape index (κ3) is 7.69. The van der Waals surface area contributed by atoms with Crippen molar-refractivity contribution in [2.24, 2.45) is 5.92 Å². The number of amides is 1. The van der Waals surface area contributed by atoms with E-state index in [2.05, 4.69) is 5.32 Å². The van der Waals surface area contributed by atoms with Crippen LogP contribution in [-0.2, 0) is 23.4 Å². The predicted octanol–water partition coefficient (Wildman–Crippen LogP) is -0.567. The van der Waals surface area contributed by atoms with E-state index in [0.29, 0.717) is 6.20 Å². The number of carbonyl (C=O) groups is 2. The average Bonchev–Trinajstić information content (AvgIpc) is 3.06. The smallest absolute Gasteiger partial charge is 0.330 e. The lowest BCUT2D eigenvalue weighted by molar-refractivity contribution is -0.138. The van der Waals surface area contributed by atoms with Gasteiger partial charge in [0.25, 0.3) is 5.56 Å². The highest BCUT2D eigenvalue weighted by atomic mass is 31.1. The van der Waals surface area contributed by atoms with Crippen LogP contribution in [0.5, 0.6) is 0 Å². The summed E-state index contributed by atoms with van der Waals surface area (Å²) in [6.45, 7) is 1.70. The summed E-state index contributed by atoms with van der Waals surface area (Å²) < 4.78 is 37.2. The number of nitrogens with one attached hydrogen (secondary N) is 2. The number of aliphatic hydroxyl groups excluding tert-OH is 1. The molecule has 1 aromatic heterocycles. The first-order valence-corrected chi connectivity index (χ1v) is 11.1. The lowest BCUT2D eigenvalue weighted by Gasteiger charge is -2.17. The topological polar surface area (TPSA) is 177 Å². The Labute approximate surface area is 176 Å². The molecule has 1 fully saturated rings. The van der Waals surface area contributed by atoms with Gasteiger partial charge in [-0.15, -0.1) is 0 Å². The second-order valence-electron chi connectivity index (χ2n) is 7.27. The SMILES string of the molecule is CC(CNC(=O)CCC(=O)O)C[PH](=O)OC[C@@H]1O[C@H](n2cc(F)c(=O)[nH]c2=O)CC1O. The molecule has 1 aliphatic heterocycles. The molecule has 0 aliphatic carbocycles. The lowest BCUT2D eigenvalue weighted by atomic mass is 10.2. The number of H-pyrrole nitrogens is 1. The normalized spacial score (nSPS) is 22.7. The third-order valence-corrected chi connectivity index (χ3v) is 6.09. The summed E-state index contributed by atoms with van der Waals surface area (Å²) in [5.41, 5.74) is -2.05. The van der Waals surface area contributed by atoms with Gasteiger partial charge < -0.3 is 24.8 Å². The summed E-state index contributed by atoms with van der Waals surface area (Å²) in [5, 5.41) is 21.2. The summed E-state index contributed by atoms with van der Waals surface area (Å²) >= 11 is 0. The van der Waals surface area contributed by atoms with Crippen molar-refractivity contribution in [3.63, 3.8) is 0 Å². The Balaban J connectivity index is 1.77. The van der Waals surface area contributed by atoms with Crippen molar-refractivity contribution in [2.75, 3.05) is 19.3 Å².